The average molecular weight is 392 g/mol. The zero-order chi connectivity index (χ0) is 21.3. The number of carbonyl (C=O) groups excluding carboxylic acids is 3. The second-order valence-electron chi connectivity index (χ2n) is 7.78. The monoisotopic (exact) mass is 392 g/mol. The second kappa shape index (κ2) is 10.7. The minimum absolute atomic E-state index is 0.150. The first kappa shape index (κ1) is 23.5. The van der Waals surface area contributed by atoms with Crippen LogP contribution in [0.3, 0.4) is 0 Å². The first-order valence-corrected chi connectivity index (χ1v) is 9.49. The summed E-state index contributed by atoms with van der Waals surface area (Å²) in [5.74, 6) is -1.15. The van der Waals surface area contributed by atoms with Crippen molar-refractivity contribution in [2.45, 2.75) is 65.1 Å². The standard InChI is InChI=1S/C21H32N2O5/c1-7-14(2)17(23-20(26)28-21(3,4)5)18(24)22-16(19(25)27-6)13-15-11-9-8-10-12-15/h8-12,14,16-17H,7,13H2,1-6H3,(H,22,24)(H,23,26)/t14-,16+,17+/m1/s1. The number of methoxy groups -OCH3 is 1. The van der Waals surface area contributed by atoms with Gasteiger partial charge in [-0.05, 0) is 32.3 Å². The molecule has 0 fully saturated rings. The lowest BCUT2D eigenvalue weighted by molar-refractivity contribution is -0.145. The predicted octanol–water partition coefficient (Wildman–Crippen LogP) is 2.83. The van der Waals surface area contributed by atoms with Gasteiger partial charge in [0.15, 0.2) is 0 Å². The van der Waals surface area contributed by atoms with Gasteiger partial charge in [-0.1, -0.05) is 50.6 Å². The second-order valence-corrected chi connectivity index (χ2v) is 7.78. The van der Waals surface area contributed by atoms with Gasteiger partial charge in [-0.3, -0.25) is 4.79 Å². The van der Waals surface area contributed by atoms with Gasteiger partial charge in [0.25, 0.3) is 0 Å². The molecular weight excluding hydrogens is 360 g/mol. The summed E-state index contributed by atoms with van der Waals surface area (Å²) in [6.07, 6.45) is 0.277. The lowest BCUT2D eigenvalue weighted by Crippen LogP contribution is -2.55. The fourth-order valence-electron chi connectivity index (χ4n) is 2.58. The molecule has 0 heterocycles. The van der Waals surface area contributed by atoms with Gasteiger partial charge >= 0.3 is 12.1 Å². The molecule has 1 aromatic rings. The molecule has 0 aliphatic rings. The summed E-state index contributed by atoms with van der Waals surface area (Å²) in [5.41, 5.74) is 0.209. The van der Waals surface area contributed by atoms with Crippen LogP contribution in [0, 0.1) is 5.92 Å². The van der Waals surface area contributed by atoms with Crippen LogP contribution in [0.4, 0.5) is 4.79 Å². The molecule has 0 aliphatic carbocycles. The number of nitrogens with one attached hydrogen (secondary N) is 2. The Hall–Kier alpha value is -2.57. The first-order valence-electron chi connectivity index (χ1n) is 9.49. The van der Waals surface area contributed by atoms with E-state index < -0.39 is 35.7 Å². The van der Waals surface area contributed by atoms with Crippen molar-refractivity contribution in [3.05, 3.63) is 35.9 Å². The highest BCUT2D eigenvalue weighted by Gasteiger charge is 2.31. The topological polar surface area (TPSA) is 93.7 Å². The normalized spacial score (nSPS) is 14.4. The smallest absolute Gasteiger partial charge is 0.408 e. The van der Waals surface area contributed by atoms with Crippen LogP contribution in [-0.4, -0.2) is 42.8 Å². The number of esters is 1. The molecule has 0 spiro atoms. The molecule has 0 radical (unpaired) electrons. The Morgan fingerprint density at radius 3 is 2.18 bits per heavy atom. The van der Waals surface area contributed by atoms with E-state index in [4.69, 9.17) is 9.47 Å². The van der Waals surface area contributed by atoms with E-state index in [1.165, 1.54) is 7.11 Å². The number of rotatable bonds is 8. The lowest BCUT2D eigenvalue weighted by atomic mass is 9.97. The summed E-state index contributed by atoms with van der Waals surface area (Å²) >= 11 is 0. The highest BCUT2D eigenvalue weighted by atomic mass is 16.6. The van der Waals surface area contributed by atoms with E-state index in [0.717, 1.165) is 5.56 Å². The SMILES string of the molecule is CC[C@@H](C)[C@H](NC(=O)OC(C)(C)C)C(=O)N[C@@H](Cc1ccccc1)C(=O)OC. The molecule has 0 aliphatic heterocycles. The Balaban J connectivity index is 2.92. The quantitative estimate of drug-likeness (QED) is 0.664. The van der Waals surface area contributed by atoms with Crippen molar-refractivity contribution in [1.82, 2.24) is 10.6 Å². The van der Waals surface area contributed by atoms with Crippen molar-refractivity contribution in [2.24, 2.45) is 5.92 Å². The van der Waals surface area contributed by atoms with Crippen molar-refractivity contribution < 1.29 is 23.9 Å². The van der Waals surface area contributed by atoms with Crippen LogP contribution in [0.5, 0.6) is 0 Å². The number of carbonyl (C=O) groups is 3. The first-order chi connectivity index (χ1) is 13.1. The largest absolute Gasteiger partial charge is 0.467 e. The molecule has 2 amide bonds. The van der Waals surface area contributed by atoms with Gasteiger partial charge in [-0.15, -0.1) is 0 Å². The molecule has 0 bridgehead atoms. The highest BCUT2D eigenvalue weighted by Crippen LogP contribution is 2.12. The Morgan fingerprint density at radius 2 is 1.68 bits per heavy atom. The molecule has 2 N–H and O–H groups in total. The maximum Gasteiger partial charge on any atom is 0.408 e. The number of amides is 2. The van der Waals surface area contributed by atoms with Crippen molar-refractivity contribution in [1.29, 1.82) is 0 Å². The van der Waals surface area contributed by atoms with E-state index in [9.17, 15) is 14.4 Å². The zero-order valence-electron chi connectivity index (χ0n) is 17.6. The van der Waals surface area contributed by atoms with Crippen molar-refractivity contribution in [3.63, 3.8) is 0 Å². The molecule has 28 heavy (non-hydrogen) atoms. The van der Waals surface area contributed by atoms with Gasteiger partial charge in [0.2, 0.25) is 5.91 Å². The Morgan fingerprint density at radius 1 is 1.07 bits per heavy atom. The van der Waals surface area contributed by atoms with Crippen LogP contribution >= 0.6 is 0 Å². The van der Waals surface area contributed by atoms with Crippen molar-refractivity contribution >= 4 is 18.0 Å². The third-order valence-electron chi connectivity index (χ3n) is 4.25. The van der Waals surface area contributed by atoms with Gasteiger partial charge in [0.1, 0.15) is 17.7 Å². The molecule has 0 saturated carbocycles. The van der Waals surface area contributed by atoms with Crippen LogP contribution in [0.25, 0.3) is 0 Å². The Labute approximate surface area is 167 Å². The van der Waals surface area contributed by atoms with Gasteiger partial charge in [-0.2, -0.15) is 0 Å². The third kappa shape index (κ3) is 7.98. The molecule has 0 aromatic heterocycles. The van der Waals surface area contributed by atoms with E-state index in [2.05, 4.69) is 10.6 Å². The van der Waals surface area contributed by atoms with Crippen LogP contribution < -0.4 is 10.6 Å². The fourth-order valence-corrected chi connectivity index (χ4v) is 2.58. The maximum atomic E-state index is 12.9. The number of alkyl carbamates (subject to hydrolysis) is 1. The number of benzene rings is 1. The summed E-state index contributed by atoms with van der Waals surface area (Å²) in [6.45, 7) is 9.02. The number of ether oxygens (including phenoxy) is 2. The van der Waals surface area contributed by atoms with E-state index in [0.29, 0.717) is 12.8 Å². The summed E-state index contributed by atoms with van der Waals surface area (Å²) in [6, 6.07) is 7.64. The predicted molar refractivity (Wildman–Crippen MR) is 107 cm³/mol. The van der Waals surface area contributed by atoms with E-state index in [-0.39, 0.29) is 5.92 Å². The van der Waals surface area contributed by atoms with Crippen molar-refractivity contribution in [2.75, 3.05) is 7.11 Å². The summed E-state index contributed by atoms with van der Waals surface area (Å²) in [4.78, 5) is 37.2. The minimum Gasteiger partial charge on any atom is -0.467 e. The summed E-state index contributed by atoms with van der Waals surface area (Å²) in [7, 11) is 1.28. The molecule has 3 atom stereocenters. The van der Waals surface area contributed by atoms with Crippen molar-refractivity contribution in [3.8, 4) is 0 Å². The van der Waals surface area contributed by atoms with E-state index in [1.807, 2.05) is 44.2 Å². The number of hydrogen-bond donors (Lipinski definition) is 2. The lowest BCUT2D eigenvalue weighted by Gasteiger charge is -2.27. The molecular formula is C21H32N2O5. The molecule has 0 saturated heterocycles. The van der Waals surface area contributed by atoms with Crippen LogP contribution in [0.2, 0.25) is 0 Å². The summed E-state index contributed by atoms with van der Waals surface area (Å²) < 4.78 is 10.1. The Kier molecular flexibility index (Phi) is 8.96. The van der Waals surface area contributed by atoms with Crippen LogP contribution in [0.1, 0.15) is 46.6 Å². The van der Waals surface area contributed by atoms with E-state index in [1.54, 1.807) is 20.8 Å². The molecule has 1 rings (SSSR count). The van der Waals surface area contributed by atoms with Crippen LogP contribution in [0.15, 0.2) is 30.3 Å². The highest BCUT2D eigenvalue weighted by molar-refractivity contribution is 5.90. The number of hydrogen-bond acceptors (Lipinski definition) is 5. The Bertz CT molecular complexity index is 655. The maximum absolute atomic E-state index is 12.9. The third-order valence-corrected chi connectivity index (χ3v) is 4.25. The minimum atomic E-state index is -0.855. The van der Waals surface area contributed by atoms with Gasteiger partial charge < -0.3 is 20.1 Å². The van der Waals surface area contributed by atoms with Gasteiger partial charge in [-0.25, -0.2) is 9.59 Å². The van der Waals surface area contributed by atoms with Gasteiger partial charge in [0.05, 0.1) is 7.11 Å². The molecule has 156 valence electrons. The molecule has 0 unspecified atom stereocenters. The fraction of sp³-hybridized carbons (Fsp3) is 0.571. The average Bonchev–Trinajstić information content (AvgIpc) is 2.63. The van der Waals surface area contributed by atoms with Gasteiger partial charge in [0, 0.05) is 6.42 Å². The van der Waals surface area contributed by atoms with Crippen LogP contribution in [-0.2, 0) is 25.5 Å². The molecule has 1 aromatic carbocycles. The van der Waals surface area contributed by atoms with E-state index >= 15 is 0 Å². The zero-order valence-corrected chi connectivity index (χ0v) is 17.6. The molecule has 7 heteroatoms. The molecule has 7 nitrogen and oxygen atoms in total. The summed E-state index contributed by atoms with van der Waals surface area (Å²) in [5, 5.41) is 5.34.